The number of rotatable bonds is 5. The molecule has 0 fully saturated rings. The Hall–Kier alpha value is -2.05. The molecule has 0 bridgehead atoms. The highest BCUT2D eigenvalue weighted by Crippen LogP contribution is 2.28. The van der Waals surface area contributed by atoms with Gasteiger partial charge in [0.2, 0.25) is 5.91 Å². The number of carbonyl (C=O) groups excluding carboxylic acids is 1. The highest BCUT2D eigenvalue weighted by atomic mass is 35.5. The first-order chi connectivity index (χ1) is 10.4. The Labute approximate surface area is 132 Å². The van der Waals surface area contributed by atoms with Crippen molar-refractivity contribution >= 4 is 28.5 Å². The van der Waals surface area contributed by atoms with Crippen molar-refractivity contribution in [1.29, 1.82) is 0 Å². The van der Waals surface area contributed by atoms with Crippen LogP contribution in [0.15, 0.2) is 27.4 Å². The summed E-state index contributed by atoms with van der Waals surface area (Å²) < 4.78 is 5.13. The summed E-state index contributed by atoms with van der Waals surface area (Å²) in [5, 5.41) is 12.9. The van der Waals surface area contributed by atoms with Crippen molar-refractivity contribution in [1.82, 2.24) is 10.2 Å². The lowest BCUT2D eigenvalue weighted by Gasteiger charge is -2.09. The van der Waals surface area contributed by atoms with Gasteiger partial charge in [-0.1, -0.05) is 11.6 Å². The third-order valence-electron chi connectivity index (χ3n) is 3.14. The molecule has 0 atom stereocenters. The van der Waals surface area contributed by atoms with Crippen LogP contribution in [0.3, 0.4) is 0 Å². The van der Waals surface area contributed by atoms with Gasteiger partial charge in [0.25, 0.3) is 0 Å². The first-order valence-corrected chi connectivity index (χ1v) is 7.11. The molecule has 2 N–H and O–H groups in total. The number of hydrogen-bond donors (Lipinski definition) is 2. The van der Waals surface area contributed by atoms with Gasteiger partial charge in [0.05, 0.1) is 10.6 Å². The Balaban J connectivity index is 2.14. The van der Waals surface area contributed by atoms with E-state index in [4.69, 9.17) is 16.0 Å². The fourth-order valence-corrected chi connectivity index (χ4v) is 2.07. The van der Waals surface area contributed by atoms with E-state index in [2.05, 4.69) is 5.32 Å². The van der Waals surface area contributed by atoms with Crippen LogP contribution in [0.4, 0.5) is 0 Å². The predicted octanol–water partition coefficient (Wildman–Crippen LogP) is 1.72. The quantitative estimate of drug-likeness (QED) is 0.818. The largest absolute Gasteiger partial charge is 0.506 e. The molecule has 0 unspecified atom stereocenters. The van der Waals surface area contributed by atoms with Crippen molar-refractivity contribution in [2.24, 2.45) is 0 Å². The van der Waals surface area contributed by atoms with Crippen LogP contribution in [0.5, 0.6) is 5.75 Å². The molecule has 7 heteroatoms. The van der Waals surface area contributed by atoms with E-state index in [9.17, 15) is 14.7 Å². The van der Waals surface area contributed by atoms with E-state index in [0.29, 0.717) is 23.9 Å². The van der Waals surface area contributed by atoms with Crippen molar-refractivity contribution in [3.8, 4) is 5.75 Å². The van der Waals surface area contributed by atoms with Crippen molar-refractivity contribution < 1.29 is 14.3 Å². The molecule has 0 aliphatic carbocycles. The van der Waals surface area contributed by atoms with E-state index in [1.54, 1.807) is 6.07 Å². The van der Waals surface area contributed by atoms with E-state index in [1.165, 1.54) is 12.1 Å². The zero-order valence-corrected chi connectivity index (χ0v) is 13.1. The molecule has 0 spiro atoms. The summed E-state index contributed by atoms with van der Waals surface area (Å²) in [5.41, 5.74) is 0.0178. The zero-order valence-electron chi connectivity index (χ0n) is 12.4. The number of amides is 1. The Morgan fingerprint density at radius 1 is 1.36 bits per heavy atom. The van der Waals surface area contributed by atoms with Crippen LogP contribution in [-0.4, -0.2) is 36.6 Å². The number of nitrogens with one attached hydrogen (secondary N) is 1. The van der Waals surface area contributed by atoms with E-state index in [0.717, 1.165) is 0 Å². The number of hydrogen-bond acceptors (Lipinski definition) is 5. The Kier molecular flexibility index (Phi) is 5.05. The second-order valence-electron chi connectivity index (χ2n) is 5.23. The summed E-state index contributed by atoms with van der Waals surface area (Å²) in [6.07, 6.45) is 0.353. The van der Waals surface area contributed by atoms with Gasteiger partial charge in [0.1, 0.15) is 11.3 Å². The summed E-state index contributed by atoms with van der Waals surface area (Å²) in [6, 6.07) is 4.39. The average Bonchev–Trinajstić information content (AvgIpc) is 2.45. The summed E-state index contributed by atoms with van der Waals surface area (Å²) in [4.78, 5) is 25.4. The third kappa shape index (κ3) is 3.99. The fraction of sp³-hybridized carbons (Fsp3) is 0.333. The number of fused-ring (bicyclic) bond motifs is 1. The van der Waals surface area contributed by atoms with E-state index < -0.39 is 5.63 Å². The van der Waals surface area contributed by atoms with E-state index in [1.807, 2.05) is 19.0 Å². The molecule has 1 aromatic heterocycles. The van der Waals surface area contributed by atoms with Crippen LogP contribution in [-0.2, 0) is 11.3 Å². The van der Waals surface area contributed by atoms with Crippen LogP contribution in [0.1, 0.15) is 12.0 Å². The topological polar surface area (TPSA) is 82.8 Å². The molecule has 2 aromatic rings. The van der Waals surface area contributed by atoms with Gasteiger partial charge < -0.3 is 19.7 Å². The number of carbonyl (C=O) groups is 1. The van der Waals surface area contributed by atoms with Crippen molar-refractivity contribution in [2.75, 3.05) is 20.6 Å². The molecule has 6 nitrogen and oxygen atoms in total. The Bertz CT molecular complexity index is 755. The average molecular weight is 325 g/mol. The molecular weight excluding hydrogens is 308 g/mol. The van der Waals surface area contributed by atoms with Gasteiger partial charge in [-0.2, -0.15) is 0 Å². The SMILES string of the molecule is CN(C)CCC(=O)NCc1cc2cc(Cl)c(O)cc2oc1=O. The van der Waals surface area contributed by atoms with Crippen LogP contribution in [0.25, 0.3) is 11.0 Å². The lowest BCUT2D eigenvalue weighted by molar-refractivity contribution is -0.121. The monoisotopic (exact) mass is 324 g/mol. The highest BCUT2D eigenvalue weighted by molar-refractivity contribution is 6.32. The lowest BCUT2D eigenvalue weighted by Crippen LogP contribution is -2.28. The zero-order chi connectivity index (χ0) is 16.3. The summed E-state index contributed by atoms with van der Waals surface area (Å²) in [6.45, 7) is 0.718. The van der Waals surface area contributed by atoms with Gasteiger partial charge in [-0.15, -0.1) is 0 Å². The molecule has 0 saturated heterocycles. The molecule has 0 aliphatic heterocycles. The van der Waals surface area contributed by atoms with Gasteiger partial charge in [-0.05, 0) is 26.2 Å². The summed E-state index contributed by atoms with van der Waals surface area (Å²) >= 11 is 5.83. The highest BCUT2D eigenvalue weighted by Gasteiger charge is 2.10. The summed E-state index contributed by atoms with van der Waals surface area (Å²) in [5.74, 6) is -0.293. The second-order valence-corrected chi connectivity index (χ2v) is 5.64. The van der Waals surface area contributed by atoms with Crippen molar-refractivity contribution in [3.63, 3.8) is 0 Å². The molecule has 22 heavy (non-hydrogen) atoms. The Morgan fingerprint density at radius 2 is 2.09 bits per heavy atom. The van der Waals surface area contributed by atoms with Crippen LogP contribution in [0.2, 0.25) is 5.02 Å². The van der Waals surface area contributed by atoms with Crippen LogP contribution < -0.4 is 10.9 Å². The molecule has 0 radical (unpaired) electrons. The number of benzene rings is 1. The van der Waals surface area contributed by atoms with Gasteiger partial charge in [0, 0.05) is 31.0 Å². The minimum atomic E-state index is -0.554. The molecule has 0 saturated carbocycles. The second kappa shape index (κ2) is 6.81. The first-order valence-electron chi connectivity index (χ1n) is 6.73. The van der Waals surface area contributed by atoms with Crippen LogP contribution in [0, 0.1) is 0 Å². The smallest absolute Gasteiger partial charge is 0.341 e. The maximum atomic E-state index is 11.9. The van der Waals surface area contributed by atoms with Gasteiger partial charge in [-0.3, -0.25) is 4.79 Å². The third-order valence-corrected chi connectivity index (χ3v) is 3.44. The molecule has 1 heterocycles. The van der Waals surface area contributed by atoms with E-state index in [-0.39, 0.29) is 28.8 Å². The maximum Gasteiger partial charge on any atom is 0.341 e. The van der Waals surface area contributed by atoms with Crippen molar-refractivity contribution in [3.05, 3.63) is 39.2 Å². The fourth-order valence-electron chi connectivity index (χ4n) is 1.90. The first kappa shape index (κ1) is 16.3. The van der Waals surface area contributed by atoms with Gasteiger partial charge in [-0.25, -0.2) is 4.79 Å². The maximum absolute atomic E-state index is 11.9. The minimum Gasteiger partial charge on any atom is -0.506 e. The number of halogens is 1. The summed E-state index contributed by atoms with van der Waals surface area (Å²) in [7, 11) is 3.76. The van der Waals surface area contributed by atoms with Gasteiger partial charge in [0.15, 0.2) is 0 Å². The molecular formula is C15H17ClN2O4. The number of phenolic OH excluding ortho intramolecular Hbond substituents is 1. The van der Waals surface area contributed by atoms with Crippen molar-refractivity contribution in [2.45, 2.75) is 13.0 Å². The molecule has 2 rings (SSSR count). The number of aromatic hydroxyl groups is 1. The standard InChI is InChI=1S/C15H17ClN2O4/c1-18(2)4-3-14(20)17-8-10-5-9-6-11(16)12(19)7-13(9)22-15(10)21/h5-7,19H,3-4,8H2,1-2H3,(H,17,20). The predicted molar refractivity (Wildman–Crippen MR) is 84.2 cm³/mol. The number of nitrogens with zero attached hydrogens (tertiary/aromatic N) is 1. The minimum absolute atomic E-state index is 0.0863. The normalized spacial score (nSPS) is 11.1. The number of phenols is 1. The molecule has 0 aliphatic rings. The molecule has 118 valence electrons. The lowest BCUT2D eigenvalue weighted by atomic mass is 10.1. The Morgan fingerprint density at radius 3 is 2.77 bits per heavy atom. The molecule has 1 aromatic carbocycles. The van der Waals surface area contributed by atoms with Crippen LogP contribution >= 0.6 is 11.6 Å². The van der Waals surface area contributed by atoms with E-state index >= 15 is 0 Å². The molecule has 1 amide bonds. The van der Waals surface area contributed by atoms with Gasteiger partial charge >= 0.3 is 5.63 Å².